The zero-order valence-corrected chi connectivity index (χ0v) is 17.7. The number of rotatable bonds is 6. The molecule has 6 heteroatoms. The molecule has 0 N–H and O–H groups in total. The first-order chi connectivity index (χ1) is 14.5. The third kappa shape index (κ3) is 4.19. The molecular formula is C24H27N5O. The lowest BCUT2D eigenvalue weighted by atomic mass is 10.1. The molecule has 3 aromatic rings. The van der Waals surface area contributed by atoms with Gasteiger partial charge in [-0.1, -0.05) is 48.5 Å². The third-order valence-corrected chi connectivity index (χ3v) is 5.47. The van der Waals surface area contributed by atoms with Crippen LogP contribution in [0.3, 0.4) is 0 Å². The Labute approximate surface area is 177 Å². The van der Waals surface area contributed by atoms with Crippen LogP contribution in [0.5, 0.6) is 0 Å². The Morgan fingerprint density at radius 2 is 1.70 bits per heavy atom. The summed E-state index contributed by atoms with van der Waals surface area (Å²) in [7, 11) is 1.97. The first kappa shape index (κ1) is 20.0. The fraction of sp³-hybridized carbons (Fsp3) is 0.292. The van der Waals surface area contributed by atoms with Crippen LogP contribution >= 0.6 is 0 Å². The van der Waals surface area contributed by atoms with Gasteiger partial charge in [0, 0.05) is 24.2 Å². The molecule has 6 nitrogen and oxygen atoms in total. The largest absolute Gasteiger partial charge is 0.293 e. The molecule has 30 heavy (non-hydrogen) atoms. The minimum atomic E-state index is 0.0224. The molecule has 0 bridgehead atoms. The molecule has 2 aromatic carbocycles. The van der Waals surface area contributed by atoms with E-state index in [2.05, 4.69) is 12.0 Å². The number of carbonyl (C=O) groups is 1. The molecular weight excluding hydrogens is 374 g/mol. The lowest BCUT2D eigenvalue weighted by molar-refractivity contribution is -0.131. The molecule has 0 aliphatic carbocycles. The Morgan fingerprint density at radius 1 is 1.03 bits per heavy atom. The normalized spacial score (nSPS) is 13.7. The Kier molecular flexibility index (Phi) is 5.77. The second-order valence-electron chi connectivity index (χ2n) is 7.75. The molecule has 0 saturated heterocycles. The second kappa shape index (κ2) is 8.63. The van der Waals surface area contributed by atoms with Crippen LogP contribution in [-0.2, 0) is 11.3 Å². The van der Waals surface area contributed by atoms with Crippen LogP contribution in [0.2, 0.25) is 0 Å². The predicted molar refractivity (Wildman–Crippen MR) is 119 cm³/mol. The molecule has 1 aromatic heterocycles. The maximum atomic E-state index is 12.8. The molecule has 1 aliphatic rings. The zero-order valence-electron chi connectivity index (χ0n) is 17.7. The van der Waals surface area contributed by atoms with Crippen LogP contribution in [0.15, 0.2) is 65.8 Å². The molecule has 0 saturated carbocycles. The number of benzene rings is 2. The molecule has 4 rings (SSSR count). The monoisotopic (exact) mass is 401 g/mol. The Hall–Kier alpha value is -3.25. The zero-order chi connectivity index (χ0) is 21.1. The molecule has 0 fully saturated rings. The lowest BCUT2D eigenvalue weighted by Crippen LogP contribution is -2.34. The van der Waals surface area contributed by atoms with Crippen LogP contribution in [-0.4, -0.2) is 51.4 Å². The van der Waals surface area contributed by atoms with E-state index in [1.807, 2.05) is 84.2 Å². The number of aryl methyl sites for hydroxylation is 1. The number of hydrogen-bond acceptors (Lipinski definition) is 4. The van der Waals surface area contributed by atoms with Gasteiger partial charge in [-0.05, 0) is 38.6 Å². The highest BCUT2D eigenvalue weighted by atomic mass is 16.2. The smallest absolute Gasteiger partial charge is 0.256 e. The van der Waals surface area contributed by atoms with Gasteiger partial charge in [-0.25, -0.2) is 9.69 Å². The number of nitrogens with zero attached hydrogens (tertiary/aromatic N) is 5. The maximum Gasteiger partial charge on any atom is 0.256 e. The van der Waals surface area contributed by atoms with Crippen molar-refractivity contribution in [2.45, 2.75) is 26.8 Å². The van der Waals surface area contributed by atoms with Gasteiger partial charge in [-0.15, -0.1) is 0 Å². The summed E-state index contributed by atoms with van der Waals surface area (Å²) in [6.45, 7) is 5.73. The van der Waals surface area contributed by atoms with E-state index in [9.17, 15) is 4.79 Å². The Bertz CT molecular complexity index is 1060. The summed E-state index contributed by atoms with van der Waals surface area (Å²) in [5.41, 5.74) is 6.35. The molecule has 0 spiro atoms. The van der Waals surface area contributed by atoms with E-state index in [0.717, 1.165) is 40.3 Å². The van der Waals surface area contributed by atoms with Gasteiger partial charge >= 0.3 is 0 Å². The summed E-state index contributed by atoms with van der Waals surface area (Å²) >= 11 is 0. The molecule has 0 unspecified atom stereocenters. The van der Waals surface area contributed by atoms with Gasteiger partial charge < -0.3 is 0 Å². The number of amides is 1. The van der Waals surface area contributed by atoms with Gasteiger partial charge in [-0.3, -0.25) is 9.69 Å². The topological polar surface area (TPSA) is 53.7 Å². The van der Waals surface area contributed by atoms with Crippen LogP contribution in [0.1, 0.15) is 28.9 Å². The Morgan fingerprint density at radius 3 is 2.40 bits per heavy atom. The first-order valence-corrected chi connectivity index (χ1v) is 10.3. The van der Waals surface area contributed by atoms with Gasteiger partial charge in [0.15, 0.2) is 0 Å². The van der Waals surface area contributed by atoms with Crippen molar-refractivity contribution in [1.29, 1.82) is 0 Å². The van der Waals surface area contributed by atoms with Gasteiger partial charge in [0.1, 0.15) is 0 Å². The molecule has 0 atom stereocenters. The summed E-state index contributed by atoms with van der Waals surface area (Å²) in [6, 6.07) is 20.2. The van der Waals surface area contributed by atoms with Gasteiger partial charge in [0.05, 0.1) is 30.2 Å². The van der Waals surface area contributed by atoms with Crippen molar-refractivity contribution < 1.29 is 4.79 Å². The van der Waals surface area contributed by atoms with Gasteiger partial charge in [-0.2, -0.15) is 10.2 Å². The number of carbonyl (C=O) groups excluding carboxylic acids is 1. The Balaban J connectivity index is 1.42. The standard InChI is InChI=1S/C24H27N5O/c1-18-22(19(2)29(25-18)21-12-8-5-9-13-21)16-27(3)17-24(30)28-15-14-23(26-28)20-10-6-4-7-11-20/h4-13H,14-17H2,1-3H3. The van der Waals surface area contributed by atoms with Crippen LogP contribution in [0.4, 0.5) is 0 Å². The van der Waals surface area contributed by atoms with E-state index in [4.69, 9.17) is 5.10 Å². The highest BCUT2D eigenvalue weighted by Gasteiger charge is 2.23. The van der Waals surface area contributed by atoms with Crippen molar-refractivity contribution in [3.63, 3.8) is 0 Å². The number of hydrogen-bond donors (Lipinski definition) is 0. The average Bonchev–Trinajstić information content (AvgIpc) is 3.36. The number of hydrazone groups is 1. The minimum absolute atomic E-state index is 0.0224. The van der Waals surface area contributed by atoms with E-state index >= 15 is 0 Å². The summed E-state index contributed by atoms with van der Waals surface area (Å²) in [5.74, 6) is 0.0224. The fourth-order valence-electron chi connectivity index (χ4n) is 3.83. The van der Waals surface area contributed by atoms with E-state index in [-0.39, 0.29) is 5.91 Å². The van der Waals surface area contributed by atoms with Crippen LogP contribution in [0.25, 0.3) is 5.69 Å². The third-order valence-electron chi connectivity index (χ3n) is 5.47. The van der Waals surface area contributed by atoms with E-state index in [1.165, 1.54) is 0 Å². The summed E-state index contributed by atoms with van der Waals surface area (Å²) in [6.07, 6.45) is 0.793. The van der Waals surface area contributed by atoms with Gasteiger partial charge in [0.25, 0.3) is 5.91 Å². The van der Waals surface area contributed by atoms with Crippen molar-refractivity contribution in [3.8, 4) is 5.69 Å². The van der Waals surface area contributed by atoms with Crippen molar-refractivity contribution in [2.24, 2.45) is 5.10 Å². The molecule has 1 amide bonds. The summed E-state index contributed by atoms with van der Waals surface area (Å²) < 4.78 is 1.97. The van der Waals surface area contributed by atoms with Crippen molar-refractivity contribution >= 4 is 11.6 Å². The first-order valence-electron chi connectivity index (χ1n) is 10.3. The lowest BCUT2D eigenvalue weighted by Gasteiger charge is -2.19. The maximum absolute atomic E-state index is 12.8. The fourth-order valence-corrected chi connectivity index (χ4v) is 3.83. The number of para-hydroxylation sites is 1. The predicted octanol–water partition coefficient (Wildman–Crippen LogP) is 3.56. The average molecular weight is 402 g/mol. The van der Waals surface area contributed by atoms with E-state index in [1.54, 1.807) is 5.01 Å². The van der Waals surface area contributed by atoms with Crippen molar-refractivity contribution in [1.82, 2.24) is 19.7 Å². The van der Waals surface area contributed by atoms with E-state index in [0.29, 0.717) is 19.6 Å². The molecule has 1 aliphatic heterocycles. The van der Waals surface area contributed by atoms with Crippen molar-refractivity contribution in [2.75, 3.05) is 20.1 Å². The van der Waals surface area contributed by atoms with E-state index < -0.39 is 0 Å². The molecule has 154 valence electrons. The summed E-state index contributed by atoms with van der Waals surface area (Å²) in [5, 5.41) is 10.9. The quantitative estimate of drug-likeness (QED) is 0.635. The van der Waals surface area contributed by atoms with Crippen molar-refractivity contribution in [3.05, 3.63) is 83.2 Å². The molecule has 2 heterocycles. The number of likely N-dealkylation sites (N-methyl/N-ethyl adjacent to an activating group) is 1. The highest BCUT2D eigenvalue weighted by molar-refractivity contribution is 6.02. The minimum Gasteiger partial charge on any atom is -0.293 e. The SMILES string of the molecule is Cc1nn(-c2ccccc2)c(C)c1CN(C)CC(=O)N1CCC(c2ccccc2)=N1. The van der Waals surface area contributed by atoms with Gasteiger partial charge in [0.2, 0.25) is 0 Å². The molecule has 0 radical (unpaired) electrons. The van der Waals surface area contributed by atoms with Crippen LogP contribution in [0, 0.1) is 13.8 Å². The number of aromatic nitrogens is 2. The highest BCUT2D eigenvalue weighted by Crippen LogP contribution is 2.20. The second-order valence-corrected chi connectivity index (χ2v) is 7.75. The summed E-state index contributed by atoms with van der Waals surface area (Å²) in [4.78, 5) is 14.8. The van der Waals surface area contributed by atoms with Crippen LogP contribution < -0.4 is 0 Å².